The van der Waals surface area contributed by atoms with E-state index in [0.29, 0.717) is 47.1 Å². The van der Waals surface area contributed by atoms with Gasteiger partial charge in [-0.2, -0.15) is 0 Å². The molecule has 2 aliphatic heterocycles. The highest BCUT2D eigenvalue weighted by Gasteiger charge is 2.44. The quantitative estimate of drug-likeness (QED) is 0.670. The van der Waals surface area contributed by atoms with Crippen LogP contribution in [0, 0.1) is 6.92 Å². The third-order valence-electron chi connectivity index (χ3n) is 5.76. The number of aryl methyl sites for hydroxylation is 1. The first-order valence-electron chi connectivity index (χ1n) is 10.7. The van der Waals surface area contributed by atoms with Gasteiger partial charge in [-0.15, -0.1) is 0 Å². The Morgan fingerprint density at radius 2 is 1.56 bits per heavy atom. The molecular formula is C25H28N2O5. The Morgan fingerprint density at radius 3 is 2.16 bits per heavy atom. The number of carbonyl (C=O) groups excluding carboxylic acids is 2. The Kier molecular flexibility index (Phi) is 5.93. The third kappa shape index (κ3) is 3.84. The highest BCUT2D eigenvalue weighted by Crippen LogP contribution is 2.40. The predicted molar refractivity (Wildman–Crippen MR) is 122 cm³/mol. The number of ether oxygens (including phenoxy) is 3. The van der Waals surface area contributed by atoms with E-state index in [2.05, 4.69) is 0 Å². The summed E-state index contributed by atoms with van der Waals surface area (Å²) in [5, 5.41) is 0. The summed E-state index contributed by atoms with van der Waals surface area (Å²) in [7, 11) is 3.06. The number of amides is 2. The largest absolute Gasteiger partial charge is 0.497 e. The molecule has 0 N–H and O–H groups in total. The fourth-order valence-corrected chi connectivity index (χ4v) is 4.34. The SMILES string of the molecule is COc1ccc(N2C(=O)C(c3ccc(C)cc3)=C(N3CC(C)OC(C)C3)C2=O)c(OC)c1. The lowest BCUT2D eigenvalue weighted by molar-refractivity contribution is -0.121. The van der Waals surface area contributed by atoms with Crippen molar-refractivity contribution in [3.05, 3.63) is 59.3 Å². The second-order valence-corrected chi connectivity index (χ2v) is 8.24. The third-order valence-corrected chi connectivity index (χ3v) is 5.76. The molecule has 0 saturated carbocycles. The maximum atomic E-state index is 13.8. The van der Waals surface area contributed by atoms with Gasteiger partial charge in [-0.05, 0) is 38.5 Å². The number of hydrogen-bond acceptors (Lipinski definition) is 6. The first-order chi connectivity index (χ1) is 15.3. The summed E-state index contributed by atoms with van der Waals surface area (Å²) in [6.45, 7) is 6.99. The topological polar surface area (TPSA) is 68.3 Å². The predicted octanol–water partition coefficient (Wildman–Crippen LogP) is 3.41. The molecule has 1 saturated heterocycles. The van der Waals surface area contributed by atoms with Crippen molar-refractivity contribution in [2.45, 2.75) is 33.0 Å². The van der Waals surface area contributed by atoms with E-state index in [1.165, 1.54) is 12.0 Å². The van der Waals surface area contributed by atoms with Crippen molar-refractivity contribution in [2.75, 3.05) is 32.2 Å². The summed E-state index contributed by atoms with van der Waals surface area (Å²) >= 11 is 0. The summed E-state index contributed by atoms with van der Waals surface area (Å²) in [6.07, 6.45) is -0.115. The molecule has 2 unspecified atom stereocenters. The van der Waals surface area contributed by atoms with E-state index in [9.17, 15) is 9.59 Å². The summed E-state index contributed by atoms with van der Waals surface area (Å²) in [5.74, 6) is 0.228. The molecule has 0 aliphatic carbocycles. The summed E-state index contributed by atoms with van der Waals surface area (Å²) < 4.78 is 16.6. The highest BCUT2D eigenvalue weighted by atomic mass is 16.5. The zero-order valence-electron chi connectivity index (χ0n) is 19.0. The Bertz CT molecular complexity index is 1070. The molecule has 0 spiro atoms. The zero-order valence-corrected chi connectivity index (χ0v) is 19.0. The average Bonchev–Trinajstić information content (AvgIpc) is 3.03. The van der Waals surface area contributed by atoms with Gasteiger partial charge >= 0.3 is 0 Å². The molecule has 2 aromatic carbocycles. The van der Waals surface area contributed by atoms with Crippen LogP contribution in [0.3, 0.4) is 0 Å². The van der Waals surface area contributed by atoms with Crippen LogP contribution in [0.2, 0.25) is 0 Å². The van der Waals surface area contributed by atoms with Crippen LogP contribution in [0.15, 0.2) is 48.2 Å². The van der Waals surface area contributed by atoms with Gasteiger partial charge in [0, 0.05) is 19.2 Å². The Morgan fingerprint density at radius 1 is 0.906 bits per heavy atom. The van der Waals surface area contributed by atoms with Gasteiger partial charge in [-0.1, -0.05) is 29.8 Å². The van der Waals surface area contributed by atoms with Gasteiger partial charge in [0.15, 0.2) is 0 Å². The molecule has 7 nitrogen and oxygen atoms in total. The van der Waals surface area contributed by atoms with E-state index >= 15 is 0 Å². The van der Waals surface area contributed by atoms with Crippen LogP contribution in [0.5, 0.6) is 11.5 Å². The maximum Gasteiger partial charge on any atom is 0.282 e. The smallest absolute Gasteiger partial charge is 0.282 e. The van der Waals surface area contributed by atoms with Crippen molar-refractivity contribution in [1.82, 2.24) is 4.90 Å². The van der Waals surface area contributed by atoms with Gasteiger partial charge in [0.25, 0.3) is 11.8 Å². The summed E-state index contributed by atoms with van der Waals surface area (Å²) in [6, 6.07) is 12.7. The van der Waals surface area contributed by atoms with Crippen molar-refractivity contribution in [3.63, 3.8) is 0 Å². The summed E-state index contributed by atoms with van der Waals surface area (Å²) in [4.78, 5) is 30.7. The zero-order chi connectivity index (χ0) is 23.0. The van der Waals surface area contributed by atoms with Crippen LogP contribution in [0.1, 0.15) is 25.0 Å². The molecule has 2 amide bonds. The van der Waals surface area contributed by atoms with E-state index in [-0.39, 0.29) is 24.0 Å². The van der Waals surface area contributed by atoms with Crippen molar-refractivity contribution in [1.29, 1.82) is 0 Å². The second-order valence-electron chi connectivity index (χ2n) is 8.24. The van der Waals surface area contributed by atoms with Crippen LogP contribution in [0.25, 0.3) is 5.57 Å². The van der Waals surface area contributed by atoms with Crippen LogP contribution < -0.4 is 14.4 Å². The molecule has 0 radical (unpaired) electrons. The van der Waals surface area contributed by atoms with Gasteiger partial charge in [-0.25, -0.2) is 4.90 Å². The van der Waals surface area contributed by atoms with Crippen LogP contribution >= 0.6 is 0 Å². The number of morpholine rings is 1. The first-order valence-corrected chi connectivity index (χ1v) is 10.7. The Labute approximate surface area is 188 Å². The molecule has 1 fully saturated rings. The van der Waals surface area contributed by atoms with Gasteiger partial charge in [-0.3, -0.25) is 9.59 Å². The molecule has 168 valence electrons. The molecule has 4 rings (SSSR count). The molecule has 0 bridgehead atoms. The Balaban J connectivity index is 1.84. The monoisotopic (exact) mass is 436 g/mol. The molecule has 2 aliphatic rings. The molecule has 2 heterocycles. The number of carbonyl (C=O) groups is 2. The number of hydrogen-bond donors (Lipinski definition) is 0. The minimum Gasteiger partial charge on any atom is -0.497 e. The number of methoxy groups -OCH3 is 2. The van der Waals surface area contributed by atoms with Crippen LogP contribution in [-0.4, -0.2) is 56.2 Å². The standard InChI is InChI=1S/C25H28N2O5/c1-15-6-8-18(9-7-15)22-23(26-13-16(2)32-17(3)14-26)25(29)27(24(22)28)20-11-10-19(30-4)12-21(20)31-5/h6-12,16-17H,13-14H2,1-5H3. The molecule has 0 aromatic heterocycles. The van der Waals surface area contributed by atoms with Crippen molar-refractivity contribution in [2.24, 2.45) is 0 Å². The molecule has 7 heteroatoms. The normalized spacial score (nSPS) is 21.4. The number of rotatable bonds is 5. The molecular weight excluding hydrogens is 408 g/mol. The van der Waals surface area contributed by atoms with E-state index in [4.69, 9.17) is 14.2 Å². The van der Waals surface area contributed by atoms with Gasteiger partial charge in [0.2, 0.25) is 0 Å². The van der Waals surface area contributed by atoms with E-state index in [0.717, 1.165) is 5.56 Å². The van der Waals surface area contributed by atoms with Gasteiger partial charge in [0.1, 0.15) is 17.2 Å². The van der Waals surface area contributed by atoms with E-state index in [1.807, 2.05) is 49.9 Å². The van der Waals surface area contributed by atoms with Crippen molar-refractivity contribution < 1.29 is 23.8 Å². The number of nitrogens with zero attached hydrogens (tertiary/aromatic N) is 2. The fraction of sp³-hybridized carbons (Fsp3) is 0.360. The fourth-order valence-electron chi connectivity index (χ4n) is 4.34. The van der Waals surface area contributed by atoms with Crippen molar-refractivity contribution >= 4 is 23.1 Å². The minimum absolute atomic E-state index is 0.0574. The molecule has 2 atom stereocenters. The Hall–Kier alpha value is -3.32. The van der Waals surface area contributed by atoms with Crippen LogP contribution in [0.4, 0.5) is 5.69 Å². The van der Waals surface area contributed by atoms with Gasteiger partial charge < -0.3 is 19.1 Å². The van der Waals surface area contributed by atoms with E-state index < -0.39 is 0 Å². The average molecular weight is 437 g/mol. The van der Waals surface area contributed by atoms with Gasteiger partial charge in [0.05, 0.1) is 37.7 Å². The number of anilines is 1. The molecule has 32 heavy (non-hydrogen) atoms. The lowest BCUT2D eigenvalue weighted by Crippen LogP contribution is -2.47. The summed E-state index contributed by atoms with van der Waals surface area (Å²) in [5.41, 5.74) is 2.98. The molecule has 2 aromatic rings. The lowest BCUT2D eigenvalue weighted by Gasteiger charge is -2.37. The first kappa shape index (κ1) is 21.9. The maximum absolute atomic E-state index is 13.8. The second kappa shape index (κ2) is 8.67. The van der Waals surface area contributed by atoms with Crippen LogP contribution in [-0.2, 0) is 14.3 Å². The number of benzene rings is 2. The highest BCUT2D eigenvalue weighted by molar-refractivity contribution is 6.45. The lowest BCUT2D eigenvalue weighted by atomic mass is 10.0. The van der Waals surface area contributed by atoms with Crippen molar-refractivity contribution in [3.8, 4) is 11.5 Å². The van der Waals surface area contributed by atoms with E-state index in [1.54, 1.807) is 25.3 Å². The minimum atomic E-state index is -0.371. The number of imide groups is 1.